The molecule has 1 aliphatic heterocycles. The molecular weight excluding hydrogens is 348 g/mol. The fraction of sp³-hybridized carbons (Fsp3) is 0.250. The van der Waals surface area contributed by atoms with Gasteiger partial charge in [0.1, 0.15) is 0 Å². The van der Waals surface area contributed by atoms with Crippen LogP contribution >= 0.6 is 11.8 Å². The third kappa shape index (κ3) is 4.14. The van der Waals surface area contributed by atoms with Crippen LogP contribution in [0.2, 0.25) is 0 Å². The highest BCUT2D eigenvalue weighted by molar-refractivity contribution is 7.99. The summed E-state index contributed by atoms with van der Waals surface area (Å²) >= 11 is 1.41. The van der Waals surface area contributed by atoms with Crippen molar-refractivity contribution in [2.45, 2.75) is 13.5 Å². The predicted octanol–water partition coefficient (Wildman–Crippen LogP) is 2.64. The van der Waals surface area contributed by atoms with Crippen molar-refractivity contribution in [2.24, 2.45) is 0 Å². The van der Waals surface area contributed by atoms with Gasteiger partial charge in [-0.2, -0.15) is 11.8 Å². The van der Waals surface area contributed by atoms with Crippen LogP contribution in [0.25, 0.3) is 0 Å². The molecule has 0 aromatic heterocycles. The zero-order valence-corrected chi connectivity index (χ0v) is 15.3. The van der Waals surface area contributed by atoms with E-state index >= 15 is 0 Å². The summed E-state index contributed by atoms with van der Waals surface area (Å²) in [7, 11) is 0. The Bertz CT molecular complexity index is 798. The van der Waals surface area contributed by atoms with Gasteiger partial charge in [0.2, 0.25) is 5.91 Å². The van der Waals surface area contributed by atoms with Crippen molar-refractivity contribution in [3.05, 3.63) is 70.8 Å². The first-order chi connectivity index (χ1) is 12.6. The summed E-state index contributed by atoms with van der Waals surface area (Å²) in [6.45, 7) is 2.83. The minimum atomic E-state index is -0.255. The highest BCUT2D eigenvalue weighted by Crippen LogP contribution is 2.22. The van der Waals surface area contributed by atoms with Crippen LogP contribution in [0, 0.1) is 6.92 Å². The molecule has 6 heteroatoms. The molecule has 134 valence electrons. The predicted molar refractivity (Wildman–Crippen MR) is 102 cm³/mol. The minimum Gasteiger partial charge on any atom is -0.351 e. The number of benzene rings is 2. The molecule has 0 atom stereocenters. The van der Waals surface area contributed by atoms with Gasteiger partial charge in [0.25, 0.3) is 11.8 Å². The van der Waals surface area contributed by atoms with Gasteiger partial charge in [-0.3, -0.25) is 19.3 Å². The van der Waals surface area contributed by atoms with Crippen LogP contribution in [0.3, 0.4) is 0 Å². The fourth-order valence-corrected chi connectivity index (χ4v) is 3.46. The summed E-state index contributed by atoms with van der Waals surface area (Å²) in [5.74, 6) is 0.265. The lowest BCUT2D eigenvalue weighted by Gasteiger charge is -2.13. The Morgan fingerprint density at radius 3 is 2.23 bits per heavy atom. The molecule has 0 aliphatic carbocycles. The second-order valence-corrected chi connectivity index (χ2v) is 7.23. The van der Waals surface area contributed by atoms with Gasteiger partial charge < -0.3 is 5.32 Å². The highest BCUT2D eigenvalue weighted by atomic mass is 32.2. The Hall–Kier alpha value is -2.60. The van der Waals surface area contributed by atoms with Crippen LogP contribution in [0.1, 0.15) is 31.8 Å². The van der Waals surface area contributed by atoms with E-state index in [1.807, 2.05) is 31.2 Å². The summed E-state index contributed by atoms with van der Waals surface area (Å²) in [6.07, 6.45) is 0. The molecule has 26 heavy (non-hydrogen) atoms. The van der Waals surface area contributed by atoms with Crippen molar-refractivity contribution in [1.82, 2.24) is 10.2 Å². The zero-order chi connectivity index (χ0) is 18.5. The van der Waals surface area contributed by atoms with E-state index in [1.54, 1.807) is 24.3 Å². The number of amides is 3. The molecule has 0 radical (unpaired) electrons. The maximum atomic E-state index is 12.2. The number of carbonyl (C=O) groups excluding carboxylic acids is 3. The van der Waals surface area contributed by atoms with E-state index < -0.39 is 0 Å². The molecular formula is C20H20N2O3S. The van der Waals surface area contributed by atoms with Crippen molar-refractivity contribution in [2.75, 3.05) is 18.1 Å². The van der Waals surface area contributed by atoms with Crippen LogP contribution in [0.4, 0.5) is 0 Å². The Labute approximate surface area is 156 Å². The maximum absolute atomic E-state index is 12.2. The Kier molecular flexibility index (Phi) is 5.73. The van der Waals surface area contributed by atoms with Gasteiger partial charge in [0.05, 0.1) is 16.9 Å². The first kappa shape index (κ1) is 18.2. The number of aryl methyl sites for hydroxylation is 1. The first-order valence-electron chi connectivity index (χ1n) is 8.41. The lowest BCUT2D eigenvalue weighted by molar-refractivity contribution is -0.118. The molecule has 0 bridgehead atoms. The highest BCUT2D eigenvalue weighted by Gasteiger charge is 2.34. The van der Waals surface area contributed by atoms with Gasteiger partial charge in [-0.05, 0) is 24.6 Å². The smallest absolute Gasteiger partial charge is 0.261 e. The molecule has 3 rings (SSSR count). The number of nitrogens with one attached hydrogen (secondary N) is 1. The molecule has 2 aromatic carbocycles. The van der Waals surface area contributed by atoms with Gasteiger partial charge in [0.15, 0.2) is 0 Å². The number of carbonyl (C=O) groups is 3. The average Bonchev–Trinajstić information content (AvgIpc) is 2.89. The van der Waals surface area contributed by atoms with Crippen molar-refractivity contribution < 1.29 is 14.4 Å². The summed E-state index contributed by atoms with van der Waals surface area (Å²) in [5.41, 5.74) is 3.15. The van der Waals surface area contributed by atoms with Crippen LogP contribution in [0.15, 0.2) is 48.5 Å². The SMILES string of the molecule is Cc1ccc(CNC(=O)CSCCN2C(=O)c3ccccc3C2=O)cc1. The van der Waals surface area contributed by atoms with Gasteiger partial charge in [-0.1, -0.05) is 42.0 Å². The van der Waals surface area contributed by atoms with Crippen molar-refractivity contribution in [1.29, 1.82) is 0 Å². The number of fused-ring (bicyclic) bond motifs is 1. The monoisotopic (exact) mass is 368 g/mol. The van der Waals surface area contributed by atoms with E-state index in [0.29, 0.717) is 35.7 Å². The van der Waals surface area contributed by atoms with E-state index in [1.165, 1.54) is 22.2 Å². The second kappa shape index (κ2) is 8.19. The first-order valence-corrected chi connectivity index (χ1v) is 9.57. The molecule has 0 saturated heterocycles. The lowest BCUT2D eigenvalue weighted by atomic mass is 10.1. The van der Waals surface area contributed by atoms with Crippen LogP contribution in [-0.2, 0) is 11.3 Å². The summed E-state index contributed by atoms with van der Waals surface area (Å²) in [4.78, 5) is 37.6. The van der Waals surface area contributed by atoms with Crippen LogP contribution in [-0.4, -0.2) is 40.7 Å². The van der Waals surface area contributed by atoms with Gasteiger partial charge in [-0.15, -0.1) is 0 Å². The fourth-order valence-electron chi connectivity index (χ4n) is 2.72. The van der Waals surface area contributed by atoms with E-state index in [0.717, 1.165) is 5.56 Å². The van der Waals surface area contributed by atoms with Crippen LogP contribution < -0.4 is 5.32 Å². The molecule has 2 aromatic rings. The summed E-state index contributed by atoms with van der Waals surface area (Å²) in [6, 6.07) is 14.8. The van der Waals surface area contributed by atoms with Crippen molar-refractivity contribution >= 4 is 29.5 Å². The Morgan fingerprint density at radius 1 is 1.00 bits per heavy atom. The Morgan fingerprint density at radius 2 is 1.62 bits per heavy atom. The van der Waals surface area contributed by atoms with Crippen LogP contribution in [0.5, 0.6) is 0 Å². The summed E-state index contributed by atoms with van der Waals surface area (Å²) in [5, 5.41) is 2.87. The largest absolute Gasteiger partial charge is 0.351 e. The van der Waals surface area contributed by atoms with E-state index in [2.05, 4.69) is 5.32 Å². The third-order valence-electron chi connectivity index (χ3n) is 4.18. The number of hydrogen-bond donors (Lipinski definition) is 1. The maximum Gasteiger partial charge on any atom is 0.261 e. The number of thioether (sulfide) groups is 1. The minimum absolute atomic E-state index is 0.0575. The third-order valence-corrected chi connectivity index (χ3v) is 5.12. The molecule has 0 spiro atoms. The number of hydrogen-bond acceptors (Lipinski definition) is 4. The van der Waals surface area contributed by atoms with Crippen molar-refractivity contribution in [3.63, 3.8) is 0 Å². The summed E-state index contributed by atoms with van der Waals surface area (Å²) < 4.78 is 0. The second-order valence-electron chi connectivity index (χ2n) is 6.12. The molecule has 3 amide bonds. The standard InChI is InChI=1S/C20H20N2O3S/c1-14-6-8-15(9-7-14)12-21-18(23)13-26-11-10-22-19(24)16-4-2-3-5-17(16)20(22)25/h2-9H,10-13H2,1H3,(H,21,23). The Balaban J connectivity index is 1.39. The molecule has 5 nitrogen and oxygen atoms in total. The zero-order valence-electron chi connectivity index (χ0n) is 14.5. The quantitative estimate of drug-likeness (QED) is 0.603. The molecule has 0 fully saturated rings. The van der Waals surface area contributed by atoms with E-state index in [4.69, 9.17) is 0 Å². The number of nitrogens with zero attached hydrogens (tertiary/aromatic N) is 1. The average molecular weight is 368 g/mol. The molecule has 0 saturated carbocycles. The lowest BCUT2D eigenvalue weighted by Crippen LogP contribution is -2.32. The van der Waals surface area contributed by atoms with E-state index in [-0.39, 0.29) is 17.7 Å². The number of imide groups is 1. The molecule has 1 N–H and O–H groups in total. The molecule has 1 aliphatic rings. The van der Waals surface area contributed by atoms with E-state index in [9.17, 15) is 14.4 Å². The number of rotatable bonds is 7. The van der Waals surface area contributed by atoms with Gasteiger partial charge >= 0.3 is 0 Å². The topological polar surface area (TPSA) is 66.5 Å². The molecule has 1 heterocycles. The van der Waals surface area contributed by atoms with Crippen molar-refractivity contribution in [3.8, 4) is 0 Å². The molecule has 0 unspecified atom stereocenters. The van der Waals surface area contributed by atoms with Gasteiger partial charge in [0, 0.05) is 18.8 Å². The normalized spacial score (nSPS) is 13.0. The van der Waals surface area contributed by atoms with Gasteiger partial charge in [-0.25, -0.2) is 0 Å².